The van der Waals surface area contributed by atoms with Gasteiger partial charge in [-0.1, -0.05) is 68.3 Å². The van der Waals surface area contributed by atoms with Gasteiger partial charge in [-0.15, -0.1) is 11.3 Å². The number of nitrogens with one attached hydrogen (secondary N) is 2. The molecule has 0 saturated heterocycles. The van der Waals surface area contributed by atoms with E-state index >= 15 is 0 Å². The molecule has 0 fully saturated rings. The molecule has 2 aromatic heterocycles. The molecule has 0 atom stereocenters. The van der Waals surface area contributed by atoms with E-state index in [4.69, 9.17) is 0 Å². The van der Waals surface area contributed by atoms with E-state index in [2.05, 4.69) is 27.9 Å². The third kappa shape index (κ3) is 4.89. The standard InChI is InChI=1S/C25H25N5O3S/c1-3-4-10-15-30-25(33)19-14-9-8-13-18(19)20(29-30)22(31)27-28-23(32)21-16(2)26-24(34-21)17-11-6-5-7-12-17/h5-9,11-14H,3-4,10,15H2,1-2H3,(H,27,31)(H,28,32). The second-order valence-electron chi connectivity index (χ2n) is 7.84. The average Bonchev–Trinajstić information content (AvgIpc) is 3.26. The first kappa shape index (κ1) is 23.3. The van der Waals surface area contributed by atoms with Crippen LogP contribution in [0.3, 0.4) is 0 Å². The summed E-state index contributed by atoms with van der Waals surface area (Å²) >= 11 is 1.25. The topological polar surface area (TPSA) is 106 Å². The zero-order valence-corrected chi connectivity index (χ0v) is 19.8. The Morgan fingerprint density at radius 2 is 1.62 bits per heavy atom. The highest BCUT2D eigenvalue weighted by atomic mass is 32.1. The zero-order chi connectivity index (χ0) is 24.1. The lowest BCUT2D eigenvalue weighted by Gasteiger charge is -2.11. The van der Waals surface area contributed by atoms with Crippen LogP contribution in [0.2, 0.25) is 0 Å². The molecular weight excluding hydrogens is 450 g/mol. The zero-order valence-electron chi connectivity index (χ0n) is 19.0. The lowest BCUT2D eigenvalue weighted by Crippen LogP contribution is -2.42. The van der Waals surface area contributed by atoms with E-state index in [9.17, 15) is 14.4 Å². The van der Waals surface area contributed by atoms with Crippen molar-refractivity contribution in [2.45, 2.75) is 39.7 Å². The number of aromatic nitrogens is 3. The number of hydrazine groups is 1. The van der Waals surface area contributed by atoms with Crippen LogP contribution in [-0.2, 0) is 6.54 Å². The minimum absolute atomic E-state index is 0.0815. The van der Waals surface area contributed by atoms with E-state index in [1.165, 1.54) is 16.0 Å². The maximum Gasteiger partial charge on any atom is 0.290 e. The highest BCUT2D eigenvalue weighted by Crippen LogP contribution is 2.27. The summed E-state index contributed by atoms with van der Waals surface area (Å²) in [6.07, 6.45) is 2.75. The second-order valence-corrected chi connectivity index (χ2v) is 8.84. The van der Waals surface area contributed by atoms with Gasteiger partial charge >= 0.3 is 0 Å². The predicted octanol–water partition coefficient (Wildman–Crippen LogP) is 4.09. The Morgan fingerprint density at radius 3 is 2.35 bits per heavy atom. The summed E-state index contributed by atoms with van der Waals surface area (Å²) in [6.45, 7) is 4.25. The van der Waals surface area contributed by atoms with E-state index in [0.29, 0.717) is 27.9 Å². The number of nitrogens with zero attached hydrogens (tertiary/aromatic N) is 3. The molecule has 2 N–H and O–H groups in total. The SMILES string of the molecule is CCCCCn1nc(C(=O)NNC(=O)c2sc(-c3ccccc3)nc2C)c2ccccc2c1=O. The molecule has 0 unspecified atom stereocenters. The largest absolute Gasteiger partial charge is 0.290 e. The summed E-state index contributed by atoms with van der Waals surface area (Å²) in [4.78, 5) is 43.4. The van der Waals surface area contributed by atoms with Crippen molar-refractivity contribution in [1.29, 1.82) is 0 Å². The van der Waals surface area contributed by atoms with E-state index in [1.54, 1.807) is 31.2 Å². The van der Waals surface area contributed by atoms with Gasteiger partial charge in [0.15, 0.2) is 5.69 Å². The van der Waals surface area contributed by atoms with Gasteiger partial charge in [0.1, 0.15) is 9.88 Å². The smallest absolute Gasteiger partial charge is 0.267 e. The minimum atomic E-state index is -0.598. The normalized spacial score (nSPS) is 10.9. The number of fused-ring (bicyclic) bond motifs is 1. The summed E-state index contributed by atoms with van der Waals surface area (Å²) in [6, 6.07) is 16.4. The molecule has 8 nitrogen and oxygen atoms in total. The molecule has 0 bridgehead atoms. The molecule has 0 aliphatic carbocycles. The fourth-order valence-electron chi connectivity index (χ4n) is 3.61. The lowest BCUT2D eigenvalue weighted by atomic mass is 10.1. The van der Waals surface area contributed by atoms with Gasteiger partial charge in [0.2, 0.25) is 0 Å². The summed E-state index contributed by atoms with van der Waals surface area (Å²) in [5.74, 6) is -1.06. The maximum absolute atomic E-state index is 13.0. The van der Waals surface area contributed by atoms with Crippen LogP contribution in [0.25, 0.3) is 21.3 Å². The molecule has 174 valence electrons. The number of thiazole rings is 1. The Labute approximate surface area is 200 Å². The molecule has 4 aromatic rings. The van der Waals surface area contributed by atoms with Crippen molar-refractivity contribution < 1.29 is 9.59 Å². The van der Waals surface area contributed by atoms with Crippen LogP contribution < -0.4 is 16.4 Å². The number of amides is 2. The fraction of sp³-hybridized carbons (Fsp3) is 0.240. The molecular formula is C25H25N5O3S. The van der Waals surface area contributed by atoms with Crippen molar-refractivity contribution in [3.63, 3.8) is 0 Å². The number of aryl methyl sites for hydroxylation is 2. The highest BCUT2D eigenvalue weighted by Gasteiger charge is 2.20. The second kappa shape index (κ2) is 10.4. The van der Waals surface area contributed by atoms with Crippen molar-refractivity contribution in [2.24, 2.45) is 0 Å². The number of hydrogen-bond acceptors (Lipinski definition) is 6. The highest BCUT2D eigenvalue weighted by molar-refractivity contribution is 7.17. The first-order chi connectivity index (χ1) is 16.5. The number of benzene rings is 2. The quantitative estimate of drug-likeness (QED) is 0.309. The molecule has 0 radical (unpaired) electrons. The summed E-state index contributed by atoms with van der Waals surface area (Å²) < 4.78 is 1.33. The third-order valence-corrected chi connectivity index (χ3v) is 6.57. The van der Waals surface area contributed by atoms with Crippen LogP contribution in [0, 0.1) is 6.92 Å². The minimum Gasteiger partial charge on any atom is -0.267 e. The monoisotopic (exact) mass is 475 g/mol. The first-order valence-corrected chi connectivity index (χ1v) is 11.9. The molecule has 34 heavy (non-hydrogen) atoms. The van der Waals surface area contributed by atoms with Crippen LogP contribution in [0.5, 0.6) is 0 Å². The summed E-state index contributed by atoms with van der Waals surface area (Å²) in [7, 11) is 0. The van der Waals surface area contributed by atoms with Crippen LogP contribution in [-0.4, -0.2) is 26.6 Å². The maximum atomic E-state index is 13.0. The van der Waals surface area contributed by atoms with E-state index in [0.717, 1.165) is 29.8 Å². The summed E-state index contributed by atoms with van der Waals surface area (Å²) in [5.41, 5.74) is 6.24. The Balaban J connectivity index is 1.55. The molecule has 2 heterocycles. The van der Waals surface area contributed by atoms with Crippen LogP contribution in [0.4, 0.5) is 0 Å². The molecule has 0 spiro atoms. The van der Waals surface area contributed by atoms with Gasteiger partial charge in [0, 0.05) is 17.5 Å². The average molecular weight is 476 g/mol. The van der Waals surface area contributed by atoms with Crippen molar-refractivity contribution >= 4 is 33.9 Å². The van der Waals surface area contributed by atoms with Crippen molar-refractivity contribution in [1.82, 2.24) is 25.6 Å². The lowest BCUT2D eigenvalue weighted by molar-refractivity contribution is 0.0845. The molecule has 4 rings (SSSR count). The van der Waals surface area contributed by atoms with E-state index < -0.39 is 11.8 Å². The van der Waals surface area contributed by atoms with Crippen LogP contribution in [0.15, 0.2) is 59.4 Å². The molecule has 2 aromatic carbocycles. The van der Waals surface area contributed by atoms with Gasteiger partial charge in [-0.25, -0.2) is 9.67 Å². The van der Waals surface area contributed by atoms with E-state index in [1.807, 2.05) is 30.3 Å². The van der Waals surface area contributed by atoms with Crippen molar-refractivity contribution in [3.05, 3.63) is 81.2 Å². The van der Waals surface area contributed by atoms with Crippen molar-refractivity contribution in [3.8, 4) is 10.6 Å². The Kier molecular flexibility index (Phi) is 7.12. The molecule has 2 amide bonds. The van der Waals surface area contributed by atoms with Gasteiger partial charge in [0.05, 0.1) is 11.1 Å². The predicted molar refractivity (Wildman–Crippen MR) is 133 cm³/mol. The number of rotatable bonds is 7. The van der Waals surface area contributed by atoms with Gasteiger partial charge < -0.3 is 0 Å². The molecule has 0 aliphatic heterocycles. The number of unbranched alkanes of at least 4 members (excludes halogenated alkanes) is 2. The molecule has 9 heteroatoms. The molecule has 0 saturated carbocycles. The Bertz CT molecular complexity index is 1390. The number of hydrogen-bond donors (Lipinski definition) is 2. The van der Waals surface area contributed by atoms with E-state index in [-0.39, 0.29) is 11.3 Å². The van der Waals surface area contributed by atoms with Gasteiger partial charge in [0.25, 0.3) is 17.4 Å². The van der Waals surface area contributed by atoms with Gasteiger partial charge in [-0.05, 0) is 19.4 Å². The first-order valence-electron chi connectivity index (χ1n) is 11.1. The van der Waals surface area contributed by atoms with Gasteiger partial charge in [-0.3, -0.25) is 25.2 Å². The van der Waals surface area contributed by atoms with Crippen LogP contribution in [0.1, 0.15) is 52.0 Å². The van der Waals surface area contributed by atoms with Crippen LogP contribution >= 0.6 is 11.3 Å². The third-order valence-electron chi connectivity index (χ3n) is 5.37. The number of carbonyl (C=O) groups is 2. The summed E-state index contributed by atoms with van der Waals surface area (Å²) in [5, 5.41) is 5.89. The Hall–Kier alpha value is -3.85. The van der Waals surface area contributed by atoms with Gasteiger partial charge in [-0.2, -0.15) is 5.10 Å². The Morgan fingerprint density at radius 1 is 0.941 bits per heavy atom. The number of carbonyl (C=O) groups excluding carboxylic acids is 2. The fourth-order valence-corrected chi connectivity index (χ4v) is 4.57. The molecule has 0 aliphatic rings. The van der Waals surface area contributed by atoms with Crippen molar-refractivity contribution in [2.75, 3.05) is 0 Å².